The Morgan fingerprint density at radius 3 is 2.42 bits per heavy atom. The maximum absolute atomic E-state index is 12.1. The van der Waals surface area contributed by atoms with Crippen molar-refractivity contribution in [1.29, 1.82) is 0 Å². The molecule has 3 N–H and O–H groups in total. The predicted molar refractivity (Wildman–Crippen MR) is 65.4 cm³/mol. The fourth-order valence-corrected chi connectivity index (χ4v) is 1.86. The molecule has 1 aromatic carbocycles. The van der Waals surface area contributed by atoms with Crippen molar-refractivity contribution >= 4 is 0 Å². The summed E-state index contributed by atoms with van der Waals surface area (Å²) >= 11 is 0. The zero-order valence-corrected chi connectivity index (χ0v) is 10.3. The third-order valence-electron chi connectivity index (χ3n) is 2.76. The number of aromatic nitrogens is 2. The van der Waals surface area contributed by atoms with Crippen LogP contribution in [0.3, 0.4) is 0 Å². The molecule has 1 unspecified atom stereocenters. The van der Waals surface area contributed by atoms with Gasteiger partial charge in [0.15, 0.2) is 0 Å². The van der Waals surface area contributed by atoms with Crippen LogP contribution in [0.1, 0.15) is 17.3 Å². The Morgan fingerprint density at radius 2 is 1.95 bits per heavy atom. The normalized spacial score (nSPS) is 12.7. The van der Waals surface area contributed by atoms with Crippen molar-refractivity contribution in [3.8, 4) is 5.75 Å². The van der Waals surface area contributed by atoms with Crippen LogP contribution >= 0.6 is 0 Å². The maximum atomic E-state index is 12.1. The number of alkyl halides is 2. The number of ether oxygens (including phenoxy) is 1. The SMILES string of the molecule is Cn1nccc1C(NN)c1ccc(OC(F)F)cc1. The third kappa shape index (κ3) is 3.07. The molecule has 5 nitrogen and oxygen atoms in total. The zero-order chi connectivity index (χ0) is 13.8. The molecule has 0 bridgehead atoms. The molecule has 0 spiro atoms. The monoisotopic (exact) mass is 268 g/mol. The summed E-state index contributed by atoms with van der Waals surface area (Å²) in [4.78, 5) is 0. The van der Waals surface area contributed by atoms with E-state index in [2.05, 4.69) is 15.3 Å². The molecule has 7 heteroatoms. The molecule has 0 saturated carbocycles. The summed E-state index contributed by atoms with van der Waals surface area (Å²) in [6.45, 7) is -2.83. The second-order valence-electron chi connectivity index (χ2n) is 3.93. The number of hydrogen-bond acceptors (Lipinski definition) is 4. The standard InChI is InChI=1S/C12H14F2N4O/c1-18-10(6-7-16-18)11(17-15)8-2-4-9(5-3-8)19-12(13)14/h2-7,11-12,17H,15H2,1H3. The zero-order valence-electron chi connectivity index (χ0n) is 10.3. The Bertz CT molecular complexity index is 527. The molecular formula is C12H14F2N4O. The minimum absolute atomic E-state index is 0.111. The van der Waals surface area contributed by atoms with Crippen molar-refractivity contribution in [3.05, 3.63) is 47.8 Å². The molecule has 1 aromatic heterocycles. The smallest absolute Gasteiger partial charge is 0.387 e. The topological polar surface area (TPSA) is 65.1 Å². The molecule has 0 aliphatic rings. The van der Waals surface area contributed by atoms with Crippen LogP contribution in [0, 0.1) is 0 Å². The van der Waals surface area contributed by atoms with Crippen LogP contribution in [-0.2, 0) is 7.05 Å². The molecule has 0 aliphatic carbocycles. The number of rotatable bonds is 5. The van der Waals surface area contributed by atoms with Gasteiger partial charge in [-0.25, -0.2) is 5.43 Å². The van der Waals surface area contributed by atoms with E-state index in [9.17, 15) is 8.78 Å². The van der Waals surface area contributed by atoms with Crippen LogP contribution in [-0.4, -0.2) is 16.4 Å². The molecule has 0 radical (unpaired) electrons. The fourth-order valence-electron chi connectivity index (χ4n) is 1.86. The lowest BCUT2D eigenvalue weighted by Crippen LogP contribution is -2.30. The lowest BCUT2D eigenvalue weighted by Gasteiger charge is -2.17. The first kappa shape index (κ1) is 13.4. The molecular weight excluding hydrogens is 254 g/mol. The number of benzene rings is 1. The second-order valence-corrected chi connectivity index (χ2v) is 3.93. The van der Waals surface area contributed by atoms with Gasteiger partial charge in [-0.3, -0.25) is 10.5 Å². The summed E-state index contributed by atoms with van der Waals surface area (Å²) in [6.07, 6.45) is 1.66. The van der Waals surface area contributed by atoms with Gasteiger partial charge < -0.3 is 4.74 Å². The van der Waals surface area contributed by atoms with Crippen LogP contribution in [0.5, 0.6) is 5.75 Å². The average molecular weight is 268 g/mol. The molecule has 1 atom stereocenters. The summed E-state index contributed by atoms with van der Waals surface area (Å²) in [5.41, 5.74) is 4.36. The summed E-state index contributed by atoms with van der Waals surface area (Å²) in [7, 11) is 1.80. The molecule has 102 valence electrons. The number of halogens is 2. The minimum Gasteiger partial charge on any atom is -0.435 e. The predicted octanol–water partition coefficient (Wildman–Crippen LogP) is 1.57. The Morgan fingerprint density at radius 1 is 1.26 bits per heavy atom. The van der Waals surface area contributed by atoms with Crippen LogP contribution in [0.4, 0.5) is 8.78 Å². The van der Waals surface area contributed by atoms with Crippen LogP contribution in [0.15, 0.2) is 36.5 Å². The highest BCUT2D eigenvalue weighted by molar-refractivity contribution is 5.33. The van der Waals surface area contributed by atoms with Gasteiger partial charge in [0.05, 0.1) is 11.7 Å². The summed E-state index contributed by atoms with van der Waals surface area (Å²) in [5, 5.41) is 4.07. The highest BCUT2D eigenvalue weighted by atomic mass is 19.3. The van der Waals surface area contributed by atoms with Crippen LogP contribution in [0.2, 0.25) is 0 Å². The molecule has 0 aliphatic heterocycles. The molecule has 0 fully saturated rings. The Balaban J connectivity index is 2.22. The number of nitrogens with two attached hydrogens (primary N) is 1. The first-order valence-corrected chi connectivity index (χ1v) is 5.60. The lowest BCUT2D eigenvalue weighted by molar-refractivity contribution is -0.0498. The van der Waals surface area contributed by atoms with Crippen molar-refractivity contribution in [3.63, 3.8) is 0 Å². The first-order valence-electron chi connectivity index (χ1n) is 5.60. The van der Waals surface area contributed by atoms with Gasteiger partial charge in [0.25, 0.3) is 0 Å². The van der Waals surface area contributed by atoms with Gasteiger partial charge in [0, 0.05) is 13.2 Å². The molecule has 2 aromatic rings. The van der Waals surface area contributed by atoms with E-state index in [1.807, 2.05) is 6.07 Å². The van der Waals surface area contributed by atoms with E-state index in [1.54, 1.807) is 30.1 Å². The van der Waals surface area contributed by atoms with Crippen LogP contribution < -0.4 is 16.0 Å². The van der Waals surface area contributed by atoms with Crippen LogP contribution in [0.25, 0.3) is 0 Å². The van der Waals surface area contributed by atoms with E-state index in [1.165, 1.54) is 12.1 Å². The fraction of sp³-hybridized carbons (Fsp3) is 0.250. The van der Waals surface area contributed by atoms with E-state index in [-0.39, 0.29) is 11.8 Å². The van der Waals surface area contributed by atoms with E-state index >= 15 is 0 Å². The van der Waals surface area contributed by atoms with E-state index < -0.39 is 6.61 Å². The third-order valence-corrected chi connectivity index (χ3v) is 2.76. The Labute approximate surface area is 108 Å². The molecule has 0 amide bonds. The van der Waals surface area contributed by atoms with Crippen molar-refractivity contribution in [2.45, 2.75) is 12.7 Å². The van der Waals surface area contributed by atoms with Crippen molar-refractivity contribution in [2.24, 2.45) is 12.9 Å². The maximum Gasteiger partial charge on any atom is 0.387 e. The highest BCUT2D eigenvalue weighted by Gasteiger charge is 2.16. The van der Waals surface area contributed by atoms with Gasteiger partial charge in [-0.2, -0.15) is 13.9 Å². The highest BCUT2D eigenvalue weighted by Crippen LogP contribution is 2.23. The van der Waals surface area contributed by atoms with Gasteiger partial charge in [-0.15, -0.1) is 0 Å². The number of aryl methyl sites for hydroxylation is 1. The summed E-state index contributed by atoms with van der Waals surface area (Å²) in [6, 6.07) is 7.86. The van der Waals surface area contributed by atoms with E-state index in [0.29, 0.717) is 0 Å². The number of hydrogen-bond donors (Lipinski definition) is 2. The van der Waals surface area contributed by atoms with Crippen molar-refractivity contribution in [2.75, 3.05) is 0 Å². The number of nitrogens with one attached hydrogen (secondary N) is 1. The van der Waals surface area contributed by atoms with Gasteiger partial charge in [0.2, 0.25) is 0 Å². The largest absolute Gasteiger partial charge is 0.435 e. The summed E-state index contributed by atoms with van der Waals surface area (Å²) in [5.74, 6) is 5.65. The molecule has 19 heavy (non-hydrogen) atoms. The second kappa shape index (κ2) is 5.77. The molecule has 2 rings (SSSR count). The van der Waals surface area contributed by atoms with Gasteiger partial charge in [-0.1, -0.05) is 12.1 Å². The average Bonchev–Trinajstić information content (AvgIpc) is 2.78. The molecule has 0 saturated heterocycles. The van der Waals surface area contributed by atoms with E-state index in [4.69, 9.17) is 5.84 Å². The van der Waals surface area contributed by atoms with Crippen molar-refractivity contribution < 1.29 is 13.5 Å². The molecule has 1 heterocycles. The first-order chi connectivity index (χ1) is 9.11. The van der Waals surface area contributed by atoms with Gasteiger partial charge >= 0.3 is 6.61 Å². The Hall–Kier alpha value is -1.99. The lowest BCUT2D eigenvalue weighted by atomic mass is 10.0. The van der Waals surface area contributed by atoms with Crippen molar-refractivity contribution in [1.82, 2.24) is 15.2 Å². The quantitative estimate of drug-likeness (QED) is 0.638. The minimum atomic E-state index is -2.83. The van der Waals surface area contributed by atoms with Gasteiger partial charge in [-0.05, 0) is 23.8 Å². The number of nitrogens with zero attached hydrogens (tertiary/aromatic N) is 2. The summed E-state index contributed by atoms with van der Waals surface area (Å²) < 4.78 is 30.1. The van der Waals surface area contributed by atoms with Gasteiger partial charge in [0.1, 0.15) is 5.75 Å². The Kier molecular flexibility index (Phi) is 4.08. The number of hydrazine groups is 1. The van der Waals surface area contributed by atoms with E-state index in [0.717, 1.165) is 11.3 Å².